The second-order valence-electron chi connectivity index (χ2n) is 5.30. The van der Waals surface area contributed by atoms with Crippen molar-refractivity contribution >= 4 is 15.9 Å². The first-order valence-electron chi connectivity index (χ1n) is 5.87. The summed E-state index contributed by atoms with van der Waals surface area (Å²) in [5.74, 6) is -1.19. The third-order valence-electron chi connectivity index (χ3n) is 3.02. The highest BCUT2D eigenvalue weighted by Gasteiger charge is 2.50. The van der Waals surface area contributed by atoms with Crippen molar-refractivity contribution in [3.05, 3.63) is 23.8 Å². The number of aromatic nitrogens is 2. The number of amides is 1. The van der Waals surface area contributed by atoms with Gasteiger partial charge in [0.2, 0.25) is 15.9 Å². The Kier molecular flexibility index (Phi) is 3.47. The molecule has 0 bridgehead atoms. The summed E-state index contributed by atoms with van der Waals surface area (Å²) in [4.78, 5) is 18.7. The summed E-state index contributed by atoms with van der Waals surface area (Å²) in [6.45, 7) is 2.08. The number of carbonyl (C=O) groups is 1. The molecule has 0 N–H and O–H groups in total. The quantitative estimate of drug-likeness (QED) is 0.817. The molecule has 0 aromatic carbocycles. The average molecular weight is 323 g/mol. The van der Waals surface area contributed by atoms with Gasteiger partial charge in [-0.15, -0.1) is 0 Å². The van der Waals surface area contributed by atoms with Gasteiger partial charge in [0.25, 0.3) is 0 Å². The average Bonchev–Trinajstić information content (AvgIpc) is 2.47. The van der Waals surface area contributed by atoms with E-state index in [9.17, 15) is 26.4 Å². The largest absolute Gasteiger partial charge is 0.435 e. The van der Waals surface area contributed by atoms with Crippen molar-refractivity contribution in [2.75, 3.05) is 5.75 Å². The fraction of sp³-hybridized carbons (Fsp3) is 0.545. The van der Waals surface area contributed by atoms with Gasteiger partial charge in [-0.05, 0) is 13.8 Å². The molecule has 1 saturated heterocycles. The molecule has 1 fully saturated rings. The van der Waals surface area contributed by atoms with Crippen LogP contribution in [0.3, 0.4) is 0 Å². The molecule has 0 aliphatic carbocycles. The maximum atomic E-state index is 12.8. The number of carbonyl (C=O) groups excluding carboxylic acids is 1. The standard InChI is InChI=1S/C11H12F3N3O3S/c1-10(2)6-21(19,20)17(9(10)18)5-7-8(11(12,13)14)16-4-3-15-7/h3-4H,5-6H2,1-2H3. The smallest absolute Gasteiger partial charge is 0.273 e. The molecule has 2 rings (SSSR count). The molecular formula is C11H12F3N3O3S. The molecule has 116 valence electrons. The van der Waals surface area contributed by atoms with Crippen molar-refractivity contribution in [2.24, 2.45) is 5.41 Å². The molecule has 0 radical (unpaired) electrons. The van der Waals surface area contributed by atoms with Crippen molar-refractivity contribution in [3.8, 4) is 0 Å². The predicted octanol–water partition coefficient (Wildman–Crippen LogP) is 1.19. The van der Waals surface area contributed by atoms with Crippen LogP contribution in [-0.2, 0) is 27.5 Å². The van der Waals surface area contributed by atoms with E-state index in [2.05, 4.69) is 9.97 Å². The van der Waals surface area contributed by atoms with Gasteiger partial charge in [-0.3, -0.25) is 9.78 Å². The zero-order valence-corrected chi connectivity index (χ0v) is 12.0. The Morgan fingerprint density at radius 2 is 1.86 bits per heavy atom. The molecule has 10 heteroatoms. The molecule has 1 aliphatic heterocycles. The van der Waals surface area contributed by atoms with Crippen LogP contribution in [0, 0.1) is 5.41 Å². The molecule has 0 unspecified atom stereocenters. The molecule has 1 aliphatic rings. The zero-order valence-electron chi connectivity index (χ0n) is 11.2. The Labute approximate surface area is 119 Å². The number of hydrogen-bond acceptors (Lipinski definition) is 5. The van der Waals surface area contributed by atoms with Gasteiger partial charge in [-0.2, -0.15) is 13.2 Å². The van der Waals surface area contributed by atoms with E-state index in [0.717, 1.165) is 12.4 Å². The molecule has 1 aromatic rings. The fourth-order valence-corrected chi connectivity index (χ4v) is 4.10. The molecule has 6 nitrogen and oxygen atoms in total. The van der Waals surface area contributed by atoms with Crippen LogP contribution in [0.15, 0.2) is 12.4 Å². The fourth-order valence-electron chi connectivity index (χ4n) is 2.09. The maximum Gasteiger partial charge on any atom is 0.435 e. The molecule has 0 atom stereocenters. The first-order valence-corrected chi connectivity index (χ1v) is 7.48. The number of nitrogens with zero attached hydrogens (tertiary/aromatic N) is 3. The highest BCUT2D eigenvalue weighted by molar-refractivity contribution is 7.90. The highest BCUT2D eigenvalue weighted by Crippen LogP contribution is 2.35. The minimum atomic E-state index is -4.77. The molecule has 21 heavy (non-hydrogen) atoms. The lowest BCUT2D eigenvalue weighted by molar-refractivity contribution is -0.143. The lowest BCUT2D eigenvalue weighted by atomic mass is 9.95. The highest BCUT2D eigenvalue weighted by atomic mass is 32.2. The zero-order chi connectivity index (χ0) is 16.1. The van der Waals surface area contributed by atoms with E-state index in [-0.39, 0.29) is 0 Å². The van der Waals surface area contributed by atoms with Crippen molar-refractivity contribution in [2.45, 2.75) is 26.6 Å². The maximum absolute atomic E-state index is 12.8. The van der Waals surface area contributed by atoms with Crippen LogP contribution in [0.1, 0.15) is 25.2 Å². The molecule has 1 aromatic heterocycles. The summed E-state index contributed by atoms with van der Waals surface area (Å²) in [6.07, 6.45) is -2.90. The third-order valence-corrected chi connectivity index (χ3v) is 5.07. The van der Waals surface area contributed by atoms with E-state index in [0.29, 0.717) is 4.31 Å². The predicted molar refractivity (Wildman–Crippen MR) is 65.2 cm³/mol. The van der Waals surface area contributed by atoms with E-state index in [4.69, 9.17) is 0 Å². The van der Waals surface area contributed by atoms with Gasteiger partial charge in [0.15, 0.2) is 5.69 Å². The summed E-state index contributed by atoms with van der Waals surface area (Å²) >= 11 is 0. The van der Waals surface area contributed by atoms with Crippen molar-refractivity contribution in [1.29, 1.82) is 0 Å². The number of alkyl halides is 3. The first kappa shape index (κ1) is 15.7. The monoisotopic (exact) mass is 323 g/mol. The Morgan fingerprint density at radius 3 is 2.33 bits per heavy atom. The van der Waals surface area contributed by atoms with E-state index in [1.807, 2.05) is 0 Å². The van der Waals surface area contributed by atoms with Crippen LogP contribution in [0.5, 0.6) is 0 Å². The van der Waals surface area contributed by atoms with Gasteiger partial charge in [-0.1, -0.05) is 0 Å². The van der Waals surface area contributed by atoms with E-state index in [1.54, 1.807) is 0 Å². The summed E-state index contributed by atoms with van der Waals surface area (Å²) in [7, 11) is -3.96. The van der Waals surface area contributed by atoms with E-state index < -0.39 is 51.2 Å². The summed E-state index contributed by atoms with van der Waals surface area (Å²) < 4.78 is 62.7. The lowest BCUT2D eigenvalue weighted by Gasteiger charge is -2.18. The van der Waals surface area contributed by atoms with E-state index >= 15 is 0 Å². The Balaban J connectivity index is 2.42. The van der Waals surface area contributed by atoms with Crippen LogP contribution in [0.25, 0.3) is 0 Å². The summed E-state index contributed by atoms with van der Waals surface area (Å²) in [6, 6.07) is 0. The third kappa shape index (κ3) is 2.85. The van der Waals surface area contributed by atoms with Crippen LogP contribution >= 0.6 is 0 Å². The minimum absolute atomic E-state index is 0.437. The normalized spacial score (nSPS) is 20.8. The number of sulfonamides is 1. The first-order chi connectivity index (χ1) is 9.45. The van der Waals surface area contributed by atoms with Gasteiger partial charge in [0.1, 0.15) is 0 Å². The van der Waals surface area contributed by atoms with Crippen molar-refractivity contribution in [1.82, 2.24) is 14.3 Å². The molecule has 1 amide bonds. The van der Waals surface area contributed by atoms with Gasteiger partial charge in [0.05, 0.1) is 23.4 Å². The molecule has 2 heterocycles. The molecule has 0 spiro atoms. The minimum Gasteiger partial charge on any atom is -0.273 e. The van der Waals surface area contributed by atoms with Crippen molar-refractivity contribution < 1.29 is 26.4 Å². The Hall–Kier alpha value is -1.71. The number of rotatable bonds is 2. The van der Waals surface area contributed by atoms with Crippen LogP contribution < -0.4 is 0 Å². The molecule has 0 saturated carbocycles. The van der Waals surface area contributed by atoms with E-state index in [1.165, 1.54) is 13.8 Å². The van der Waals surface area contributed by atoms with Crippen LogP contribution in [0.4, 0.5) is 13.2 Å². The summed E-state index contributed by atoms with van der Waals surface area (Å²) in [5.41, 5.74) is -3.06. The second kappa shape index (κ2) is 4.65. The van der Waals surface area contributed by atoms with Gasteiger partial charge in [0, 0.05) is 12.4 Å². The van der Waals surface area contributed by atoms with Crippen LogP contribution in [-0.4, -0.2) is 34.4 Å². The van der Waals surface area contributed by atoms with Gasteiger partial charge in [-0.25, -0.2) is 17.7 Å². The number of hydrogen-bond donors (Lipinski definition) is 0. The van der Waals surface area contributed by atoms with Gasteiger partial charge < -0.3 is 0 Å². The molecular weight excluding hydrogens is 311 g/mol. The Morgan fingerprint density at radius 1 is 1.29 bits per heavy atom. The lowest BCUT2D eigenvalue weighted by Crippen LogP contribution is -2.33. The SMILES string of the molecule is CC1(C)CS(=O)(=O)N(Cc2nccnc2C(F)(F)F)C1=O. The second-order valence-corrected chi connectivity index (χ2v) is 7.19. The van der Waals surface area contributed by atoms with Crippen LogP contribution in [0.2, 0.25) is 0 Å². The topological polar surface area (TPSA) is 80.2 Å². The Bertz CT molecular complexity index is 685. The van der Waals surface area contributed by atoms with Crippen molar-refractivity contribution in [3.63, 3.8) is 0 Å². The summed E-state index contributed by atoms with van der Waals surface area (Å²) in [5, 5.41) is 0. The van der Waals surface area contributed by atoms with Gasteiger partial charge >= 0.3 is 6.18 Å². The number of halogens is 3.